The van der Waals surface area contributed by atoms with Crippen LogP contribution in [-0.2, 0) is 10.8 Å². The number of hydrogen-bond donors (Lipinski definition) is 0. The fourth-order valence-electron chi connectivity index (χ4n) is 12.5. The van der Waals surface area contributed by atoms with Gasteiger partial charge in [-0.05, 0) is 158 Å². The maximum atomic E-state index is 7.18. The quantitative estimate of drug-likeness (QED) is 0.142. The SMILES string of the molecule is Cc1cc(-c2ccccc2)ccc1N1c2cc(N(c3ccc(C(C)(C)C)cc3)c3ccc(C(C)(C)C)cc3)ccc2B2c3c1cc1c(oc4ccccc41)c3-c1ccc(-c3ccccc3)cc1N2c1ccc(-c2ccccc2)cc1. The molecule has 0 radical (unpaired) electrons. The minimum Gasteiger partial charge on any atom is -0.455 e. The topological polar surface area (TPSA) is 22.9 Å². The summed E-state index contributed by atoms with van der Waals surface area (Å²) < 4.78 is 7.18. The van der Waals surface area contributed by atoms with Gasteiger partial charge in [0.25, 0.3) is 0 Å². The van der Waals surface area contributed by atoms with E-state index in [1.807, 2.05) is 0 Å². The van der Waals surface area contributed by atoms with Gasteiger partial charge in [-0.25, -0.2) is 0 Å². The van der Waals surface area contributed by atoms with Gasteiger partial charge >= 0.3 is 6.85 Å². The van der Waals surface area contributed by atoms with Gasteiger partial charge in [-0.3, -0.25) is 0 Å². The van der Waals surface area contributed by atoms with Gasteiger partial charge in [0.2, 0.25) is 0 Å². The minimum absolute atomic E-state index is 0.00412. The van der Waals surface area contributed by atoms with Crippen molar-refractivity contribution in [3.63, 3.8) is 0 Å². The number of rotatable bonds is 8. The molecule has 0 N–H and O–H groups in total. The zero-order valence-corrected chi connectivity index (χ0v) is 46.5. The smallest absolute Gasteiger partial charge is 0.333 e. The van der Waals surface area contributed by atoms with Crippen molar-refractivity contribution in [1.82, 2.24) is 0 Å². The van der Waals surface area contributed by atoms with Crippen molar-refractivity contribution in [2.75, 3.05) is 14.6 Å². The molecule has 0 bridgehead atoms. The lowest BCUT2D eigenvalue weighted by atomic mass is 9.43. The second kappa shape index (κ2) is 19.0. The number of para-hydroxylation sites is 1. The number of hydrogen-bond acceptors (Lipinski definition) is 4. The summed E-state index contributed by atoms with van der Waals surface area (Å²) in [5.74, 6) is 0. The normalized spacial score (nSPS) is 12.9. The molecule has 0 atom stereocenters. The summed E-state index contributed by atoms with van der Waals surface area (Å²) >= 11 is 0. The molecular weight excluding hydrogens is 970 g/mol. The van der Waals surface area contributed by atoms with Gasteiger partial charge in [-0.15, -0.1) is 0 Å². The van der Waals surface area contributed by atoms with Gasteiger partial charge in [0.05, 0.1) is 0 Å². The Morgan fingerprint density at radius 1 is 0.400 bits per heavy atom. The van der Waals surface area contributed by atoms with Gasteiger partial charge < -0.3 is 19.0 Å². The summed E-state index contributed by atoms with van der Waals surface area (Å²) in [5, 5.41) is 2.19. The Kier molecular flexibility index (Phi) is 11.6. The molecule has 11 aromatic carbocycles. The fraction of sp³-hybridized carbons (Fsp3) is 0.120. The van der Waals surface area contributed by atoms with Crippen molar-refractivity contribution >= 4 is 85.2 Å². The monoisotopic (exact) mass is 1030 g/mol. The predicted octanol–water partition coefficient (Wildman–Crippen LogP) is 19.7. The highest BCUT2D eigenvalue weighted by Crippen LogP contribution is 2.53. The molecule has 0 unspecified atom stereocenters. The fourth-order valence-corrected chi connectivity index (χ4v) is 12.5. The third-order valence-corrected chi connectivity index (χ3v) is 16.7. The van der Waals surface area contributed by atoms with Crippen LogP contribution in [0.25, 0.3) is 66.4 Å². The molecule has 3 heterocycles. The first-order valence-electron chi connectivity index (χ1n) is 28.1. The van der Waals surface area contributed by atoms with Crippen LogP contribution in [0.5, 0.6) is 0 Å². The van der Waals surface area contributed by atoms with Crippen LogP contribution in [0.4, 0.5) is 45.5 Å². The van der Waals surface area contributed by atoms with Gasteiger partial charge in [0, 0.05) is 67.4 Å². The first kappa shape index (κ1) is 49.0. The Balaban J connectivity index is 1.08. The first-order valence-corrected chi connectivity index (χ1v) is 28.1. The zero-order valence-electron chi connectivity index (χ0n) is 46.5. The molecule has 5 heteroatoms. The Labute approximate surface area is 471 Å². The largest absolute Gasteiger partial charge is 0.455 e. The molecule has 386 valence electrons. The Bertz CT molecular complexity index is 4250. The molecule has 0 fully saturated rings. The van der Waals surface area contributed by atoms with Crippen LogP contribution in [0.15, 0.2) is 253 Å². The van der Waals surface area contributed by atoms with E-state index in [1.165, 1.54) is 55.4 Å². The lowest BCUT2D eigenvalue weighted by Gasteiger charge is -2.46. The second-order valence-electron chi connectivity index (χ2n) is 23.8. The second-order valence-corrected chi connectivity index (χ2v) is 23.8. The highest BCUT2D eigenvalue weighted by molar-refractivity contribution is 6.94. The van der Waals surface area contributed by atoms with E-state index >= 15 is 0 Å². The third-order valence-electron chi connectivity index (χ3n) is 16.7. The Hall–Kier alpha value is -9.32. The molecule has 0 saturated carbocycles. The van der Waals surface area contributed by atoms with E-state index in [-0.39, 0.29) is 17.7 Å². The van der Waals surface area contributed by atoms with Gasteiger partial charge in [0.1, 0.15) is 11.2 Å². The summed E-state index contributed by atoms with van der Waals surface area (Å²) in [5.41, 5.74) is 26.2. The third kappa shape index (κ3) is 8.30. The minimum atomic E-state index is -0.270. The summed E-state index contributed by atoms with van der Waals surface area (Å²) in [6.07, 6.45) is 0. The molecule has 0 saturated heterocycles. The van der Waals surface area contributed by atoms with Crippen LogP contribution in [-0.4, -0.2) is 6.85 Å². The number of fused-ring (bicyclic) bond motifs is 8. The van der Waals surface area contributed by atoms with E-state index in [1.54, 1.807) is 0 Å². The van der Waals surface area contributed by atoms with Gasteiger partial charge in [0.15, 0.2) is 0 Å². The van der Waals surface area contributed by atoms with Crippen molar-refractivity contribution in [3.05, 3.63) is 265 Å². The lowest BCUT2D eigenvalue weighted by Crippen LogP contribution is -2.61. The number of anilines is 8. The standard InChI is InChI=1S/C75H62BN3O/c1-49-45-54(51-21-13-9-14-22-51)30-44-66(49)78-68-47-61(77(58-37-31-56(32-38-58)74(2,3)4)59-39-33-57(34-40-59)75(5,6)7)41-43-65(68)76-72-69(78)48-64-62-25-17-18-26-70(62)80-73(64)71(72)63-42-29-55(52-23-15-10-16-24-52)46-67(63)79(76)60-35-27-53(28-36-60)50-19-11-8-12-20-50/h8-48H,1-7H3. The molecule has 1 aromatic heterocycles. The summed E-state index contributed by atoms with van der Waals surface area (Å²) in [4.78, 5) is 7.63. The predicted molar refractivity (Wildman–Crippen MR) is 341 cm³/mol. The van der Waals surface area contributed by atoms with Crippen molar-refractivity contribution in [3.8, 4) is 44.5 Å². The summed E-state index contributed by atoms with van der Waals surface area (Å²) in [6.45, 7) is 15.7. The van der Waals surface area contributed by atoms with E-state index in [2.05, 4.69) is 312 Å². The number of aryl methyl sites for hydroxylation is 1. The summed E-state index contributed by atoms with van der Waals surface area (Å²) in [7, 11) is 0. The van der Waals surface area contributed by atoms with E-state index in [4.69, 9.17) is 4.42 Å². The van der Waals surface area contributed by atoms with E-state index in [9.17, 15) is 0 Å². The van der Waals surface area contributed by atoms with Crippen LogP contribution >= 0.6 is 0 Å². The molecule has 2 aliphatic heterocycles. The molecule has 4 nitrogen and oxygen atoms in total. The van der Waals surface area contributed by atoms with Crippen LogP contribution in [0.2, 0.25) is 0 Å². The van der Waals surface area contributed by atoms with Crippen LogP contribution < -0.4 is 25.5 Å². The van der Waals surface area contributed by atoms with Crippen LogP contribution in [0.3, 0.4) is 0 Å². The Morgan fingerprint density at radius 2 is 0.912 bits per heavy atom. The number of benzene rings is 11. The maximum absolute atomic E-state index is 7.18. The van der Waals surface area contributed by atoms with E-state index in [0.717, 1.165) is 84.1 Å². The number of furan rings is 1. The van der Waals surface area contributed by atoms with Crippen molar-refractivity contribution in [2.45, 2.75) is 59.3 Å². The van der Waals surface area contributed by atoms with Crippen molar-refractivity contribution in [2.24, 2.45) is 0 Å². The Morgan fingerprint density at radius 3 is 1.50 bits per heavy atom. The van der Waals surface area contributed by atoms with Gasteiger partial charge in [-0.1, -0.05) is 211 Å². The van der Waals surface area contributed by atoms with Crippen molar-refractivity contribution in [1.29, 1.82) is 0 Å². The molecule has 2 aliphatic rings. The van der Waals surface area contributed by atoms with Gasteiger partial charge in [-0.2, -0.15) is 0 Å². The first-order chi connectivity index (χ1) is 38.9. The lowest BCUT2D eigenvalue weighted by molar-refractivity contribution is 0.590. The number of nitrogens with zero attached hydrogens (tertiary/aromatic N) is 3. The molecule has 0 aliphatic carbocycles. The molecule has 14 rings (SSSR count). The average molecular weight is 1030 g/mol. The molecule has 80 heavy (non-hydrogen) atoms. The average Bonchev–Trinajstić information content (AvgIpc) is 2.11. The molecule has 0 spiro atoms. The zero-order chi connectivity index (χ0) is 54.4. The van der Waals surface area contributed by atoms with Crippen LogP contribution in [0, 0.1) is 6.92 Å². The van der Waals surface area contributed by atoms with Crippen LogP contribution in [0.1, 0.15) is 58.2 Å². The van der Waals surface area contributed by atoms with Crippen molar-refractivity contribution < 1.29 is 4.42 Å². The molecule has 12 aromatic rings. The maximum Gasteiger partial charge on any atom is 0.333 e. The van der Waals surface area contributed by atoms with E-state index < -0.39 is 0 Å². The highest BCUT2D eigenvalue weighted by Gasteiger charge is 2.47. The molecular formula is C75H62BN3O. The highest BCUT2D eigenvalue weighted by atomic mass is 16.3. The summed E-state index contributed by atoms with van der Waals surface area (Å²) in [6, 6.07) is 92.1. The molecule has 0 amide bonds. The van der Waals surface area contributed by atoms with E-state index in [0.29, 0.717) is 0 Å².